The van der Waals surface area contributed by atoms with Gasteiger partial charge in [0.1, 0.15) is 0 Å². The minimum Gasteiger partial charge on any atom is -0.258 e. The van der Waals surface area contributed by atoms with Crippen molar-refractivity contribution in [3.05, 3.63) is 111 Å². The second-order valence-electron chi connectivity index (χ2n) is 6.68. The summed E-state index contributed by atoms with van der Waals surface area (Å²) in [5.74, 6) is 0. The van der Waals surface area contributed by atoms with Gasteiger partial charge in [-0.25, -0.2) is 0 Å². The molecule has 26 heavy (non-hydrogen) atoms. The quantitative estimate of drug-likeness (QED) is 0.446. The van der Waals surface area contributed by atoms with Crippen molar-refractivity contribution in [1.29, 1.82) is 0 Å². The number of nitrogens with zero attached hydrogens (tertiary/aromatic N) is 1. The molecule has 3 aromatic rings. The molecule has 0 N–H and O–H groups in total. The molecule has 0 spiro atoms. The molecule has 128 valence electrons. The Hall–Kier alpha value is -3.20. The van der Waals surface area contributed by atoms with E-state index in [9.17, 15) is 10.1 Å². The Bertz CT molecular complexity index is 1000. The van der Waals surface area contributed by atoms with Crippen LogP contribution in [-0.4, -0.2) is 4.92 Å². The summed E-state index contributed by atoms with van der Waals surface area (Å²) >= 11 is 0. The molecular formula is C23H19NO2. The van der Waals surface area contributed by atoms with Crippen molar-refractivity contribution >= 4 is 16.8 Å². The Labute approximate surface area is 152 Å². The number of rotatable bonds is 3. The van der Waals surface area contributed by atoms with Gasteiger partial charge in [0.2, 0.25) is 0 Å². The fraction of sp³-hybridized carbons (Fsp3) is 0.130. The van der Waals surface area contributed by atoms with Gasteiger partial charge >= 0.3 is 0 Å². The fourth-order valence-electron chi connectivity index (χ4n) is 3.73. The van der Waals surface area contributed by atoms with Crippen LogP contribution in [0, 0.1) is 17.0 Å². The van der Waals surface area contributed by atoms with E-state index in [1.54, 1.807) is 12.1 Å². The van der Waals surface area contributed by atoms with E-state index < -0.39 is 0 Å². The molecule has 0 unspecified atom stereocenters. The van der Waals surface area contributed by atoms with E-state index in [0.29, 0.717) is 0 Å². The summed E-state index contributed by atoms with van der Waals surface area (Å²) < 4.78 is 0. The first-order valence-corrected chi connectivity index (χ1v) is 8.77. The van der Waals surface area contributed by atoms with Crippen molar-refractivity contribution in [2.24, 2.45) is 0 Å². The van der Waals surface area contributed by atoms with Crippen LogP contribution in [0.2, 0.25) is 0 Å². The third kappa shape index (κ3) is 2.93. The SMILES string of the molecule is Cc1ccc2c(c1)CCC(c1ccccc1)=C2c1ccc([N+](=O)[O-])cc1. The van der Waals surface area contributed by atoms with Gasteiger partial charge in [0, 0.05) is 12.1 Å². The van der Waals surface area contributed by atoms with Crippen LogP contribution in [0.4, 0.5) is 5.69 Å². The zero-order chi connectivity index (χ0) is 18.1. The van der Waals surface area contributed by atoms with Crippen molar-refractivity contribution in [2.45, 2.75) is 19.8 Å². The zero-order valence-corrected chi connectivity index (χ0v) is 14.6. The van der Waals surface area contributed by atoms with Gasteiger partial charge in [-0.15, -0.1) is 0 Å². The van der Waals surface area contributed by atoms with Crippen LogP contribution >= 0.6 is 0 Å². The Balaban J connectivity index is 1.94. The second kappa shape index (κ2) is 6.60. The fourth-order valence-corrected chi connectivity index (χ4v) is 3.73. The maximum absolute atomic E-state index is 11.0. The van der Waals surface area contributed by atoms with Crippen molar-refractivity contribution in [3.8, 4) is 0 Å². The van der Waals surface area contributed by atoms with Crippen molar-refractivity contribution < 1.29 is 4.92 Å². The zero-order valence-electron chi connectivity index (χ0n) is 14.6. The van der Waals surface area contributed by atoms with Gasteiger partial charge < -0.3 is 0 Å². The summed E-state index contributed by atoms with van der Waals surface area (Å²) in [7, 11) is 0. The molecule has 4 rings (SSSR count). The van der Waals surface area contributed by atoms with Gasteiger partial charge in [0.05, 0.1) is 4.92 Å². The summed E-state index contributed by atoms with van der Waals surface area (Å²) in [5, 5.41) is 11.0. The average molecular weight is 341 g/mol. The number of hydrogen-bond acceptors (Lipinski definition) is 2. The third-order valence-electron chi connectivity index (χ3n) is 4.97. The van der Waals surface area contributed by atoms with Gasteiger partial charge in [0.25, 0.3) is 5.69 Å². The van der Waals surface area contributed by atoms with E-state index >= 15 is 0 Å². The predicted octanol–water partition coefficient (Wildman–Crippen LogP) is 5.81. The van der Waals surface area contributed by atoms with Crippen LogP contribution in [0.5, 0.6) is 0 Å². The van der Waals surface area contributed by atoms with E-state index in [1.165, 1.54) is 33.4 Å². The van der Waals surface area contributed by atoms with Gasteiger partial charge in [-0.3, -0.25) is 10.1 Å². The van der Waals surface area contributed by atoms with E-state index in [0.717, 1.165) is 18.4 Å². The number of nitro groups is 1. The maximum atomic E-state index is 11.0. The van der Waals surface area contributed by atoms with Gasteiger partial charge in [-0.2, -0.15) is 0 Å². The van der Waals surface area contributed by atoms with Crippen LogP contribution in [0.25, 0.3) is 11.1 Å². The van der Waals surface area contributed by atoms with Crippen molar-refractivity contribution in [1.82, 2.24) is 0 Å². The van der Waals surface area contributed by atoms with Crippen molar-refractivity contribution in [2.75, 3.05) is 0 Å². The van der Waals surface area contributed by atoms with E-state index in [2.05, 4.69) is 49.4 Å². The first kappa shape index (κ1) is 16.3. The number of non-ortho nitro benzene ring substituents is 1. The molecule has 0 heterocycles. The Morgan fingerprint density at radius 3 is 2.27 bits per heavy atom. The molecule has 3 aromatic carbocycles. The molecule has 0 aromatic heterocycles. The molecular weight excluding hydrogens is 322 g/mol. The van der Waals surface area contributed by atoms with E-state index in [1.807, 2.05) is 18.2 Å². The topological polar surface area (TPSA) is 43.1 Å². The first-order valence-electron chi connectivity index (χ1n) is 8.77. The number of aryl methyl sites for hydroxylation is 2. The minimum absolute atomic E-state index is 0.121. The highest BCUT2D eigenvalue weighted by molar-refractivity contribution is 6.00. The molecule has 1 aliphatic carbocycles. The lowest BCUT2D eigenvalue weighted by molar-refractivity contribution is -0.384. The summed E-state index contributed by atoms with van der Waals surface area (Å²) in [6, 6.07) is 23.9. The Morgan fingerprint density at radius 1 is 0.846 bits per heavy atom. The average Bonchev–Trinajstić information content (AvgIpc) is 2.67. The largest absolute Gasteiger partial charge is 0.269 e. The lowest BCUT2D eigenvalue weighted by Gasteiger charge is -2.25. The molecule has 0 saturated heterocycles. The number of benzene rings is 3. The molecule has 3 nitrogen and oxygen atoms in total. The maximum Gasteiger partial charge on any atom is 0.269 e. The van der Waals surface area contributed by atoms with Gasteiger partial charge in [-0.1, -0.05) is 54.1 Å². The molecule has 0 fully saturated rings. The number of allylic oxidation sites excluding steroid dienone is 1. The summed E-state index contributed by atoms with van der Waals surface area (Å²) in [6.07, 6.45) is 1.98. The summed E-state index contributed by atoms with van der Waals surface area (Å²) in [6.45, 7) is 2.11. The normalized spacial score (nSPS) is 13.4. The monoisotopic (exact) mass is 341 g/mol. The second-order valence-corrected chi connectivity index (χ2v) is 6.68. The molecule has 0 radical (unpaired) electrons. The lowest BCUT2D eigenvalue weighted by Crippen LogP contribution is -2.06. The molecule has 0 amide bonds. The minimum atomic E-state index is -0.353. The molecule has 1 aliphatic rings. The highest BCUT2D eigenvalue weighted by Crippen LogP contribution is 2.41. The lowest BCUT2D eigenvalue weighted by atomic mass is 9.79. The van der Waals surface area contributed by atoms with Crippen LogP contribution in [0.1, 0.15) is 34.2 Å². The highest BCUT2D eigenvalue weighted by atomic mass is 16.6. The smallest absolute Gasteiger partial charge is 0.258 e. The molecule has 0 saturated carbocycles. The standard InChI is InChI=1S/C23H19NO2/c1-16-7-13-22-19(15-16)10-14-21(17-5-3-2-4-6-17)23(22)18-8-11-20(12-9-18)24(25)26/h2-9,11-13,15H,10,14H2,1H3. The molecule has 0 bridgehead atoms. The van der Waals surface area contributed by atoms with Gasteiger partial charge in [-0.05, 0) is 65.3 Å². The van der Waals surface area contributed by atoms with Crippen LogP contribution in [-0.2, 0) is 6.42 Å². The van der Waals surface area contributed by atoms with E-state index in [-0.39, 0.29) is 10.6 Å². The number of fused-ring (bicyclic) bond motifs is 1. The Kier molecular flexibility index (Phi) is 4.13. The van der Waals surface area contributed by atoms with Gasteiger partial charge in [0.15, 0.2) is 0 Å². The van der Waals surface area contributed by atoms with Crippen LogP contribution in [0.15, 0.2) is 72.8 Å². The number of nitro benzene ring substituents is 1. The molecule has 3 heteroatoms. The first-order chi connectivity index (χ1) is 12.6. The van der Waals surface area contributed by atoms with E-state index in [4.69, 9.17) is 0 Å². The van der Waals surface area contributed by atoms with Crippen molar-refractivity contribution in [3.63, 3.8) is 0 Å². The highest BCUT2D eigenvalue weighted by Gasteiger charge is 2.22. The van der Waals surface area contributed by atoms with Crippen LogP contribution < -0.4 is 0 Å². The third-order valence-corrected chi connectivity index (χ3v) is 4.97. The summed E-state index contributed by atoms with van der Waals surface area (Å²) in [5.41, 5.74) is 8.69. The van der Waals surface area contributed by atoms with Crippen LogP contribution in [0.3, 0.4) is 0 Å². The molecule has 0 aliphatic heterocycles. The summed E-state index contributed by atoms with van der Waals surface area (Å²) in [4.78, 5) is 10.7. The predicted molar refractivity (Wildman–Crippen MR) is 105 cm³/mol. The Morgan fingerprint density at radius 2 is 1.58 bits per heavy atom. The number of hydrogen-bond donors (Lipinski definition) is 0. The molecule has 0 atom stereocenters.